The third-order valence-electron chi connectivity index (χ3n) is 8.85. The zero-order chi connectivity index (χ0) is 32.0. The Balaban J connectivity index is 0.000000447. The number of allylic oxidation sites excluding steroid dienone is 4. The van der Waals surface area contributed by atoms with Crippen LogP contribution in [-0.2, 0) is 13.0 Å². The van der Waals surface area contributed by atoms with Crippen molar-refractivity contribution in [3.8, 4) is 22.3 Å². The lowest BCUT2D eigenvalue weighted by molar-refractivity contribution is 0.283. The fraction of sp³-hybridized carbons (Fsp3) is 0.116. The molecule has 2 aliphatic rings. The molecule has 4 aromatic carbocycles. The van der Waals surface area contributed by atoms with E-state index in [-0.39, 0.29) is 6.61 Å². The Labute approximate surface area is 278 Å². The molecule has 1 unspecified atom stereocenters. The molecule has 1 aliphatic carbocycles. The molecular formula is C43H37N2OP. The van der Waals surface area contributed by atoms with Crippen LogP contribution < -0.4 is 15.9 Å². The molecule has 1 aliphatic heterocycles. The minimum atomic E-state index is -0.897. The van der Waals surface area contributed by atoms with Crippen LogP contribution in [0.5, 0.6) is 0 Å². The summed E-state index contributed by atoms with van der Waals surface area (Å²) in [5.41, 5.74) is 12.1. The van der Waals surface area contributed by atoms with Crippen molar-refractivity contribution in [3.05, 3.63) is 180 Å². The summed E-state index contributed by atoms with van der Waals surface area (Å²) in [7, 11) is -0.897. The molecule has 230 valence electrons. The Morgan fingerprint density at radius 3 is 1.94 bits per heavy atom. The molecular weight excluding hydrogens is 591 g/mol. The number of aryl methyl sites for hydroxylation is 1. The molecule has 0 radical (unpaired) electrons. The van der Waals surface area contributed by atoms with E-state index in [9.17, 15) is 5.11 Å². The SMILES string of the molecule is Cc1ccccc1.OCc1c(-c2ccncc2)cc(-c2ccncc2)c2c1P(c1ccccc1)c1ccc(C3=CCCC=C3)cc1C2. The van der Waals surface area contributed by atoms with Gasteiger partial charge in [0.05, 0.1) is 6.61 Å². The molecule has 0 amide bonds. The van der Waals surface area contributed by atoms with Crippen LogP contribution in [0.4, 0.5) is 0 Å². The van der Waals surface area contributed by atoms with Gasteiger partial charge in [0.1, 0.15) is 0 Å². The van der Waals surface area contributed by atoms with E-state index in [0.717, 1.165) is 41.5 Å². The first-order valence-corrected chi connectivity index (χ1v) is 17.5. The molecule has 0 saturated carbocycles. The number of fused-ring (bicyclic) bond motifs is 2. The fourth-order valence-electron chi connectivity index (χ4n) is 6.59. The highest BCUT2D eigenvalue weighted by molar-refractivity contribution is 7.80. The van der Waals surface area contributed by atoms with Gasteiger partial charge in [-0.3, -0.25) is 9.97 Å². The second kappa shape index (κ2) is 14.2. The van der Waals surface area contributed by atoms with E-state index in [2.05, 4.69) is 114 Å². The van der Waals surface area contributed by atoms with Gasteiger partial charge < -0.3 is 5.11 Å². The molecule has 1 atom stereocenters. The van der Waals surface area contributed by atoms with Crippen molar-refractivity contribution < 1.29 is 5.11 Å². The number of rotatable bonds is 5. The Morgan fingerprint density at radius 2 is 1.34 bits per heavy atom. The maximum absolute atomic E-state index is 11.0. The number of pyridine rings is 2. The number of aromatic nitrogens is 2. The number of aliphatic hydroxyl groups is 1. The second-order valence-electron chi connectivity index (χ2n) is 11.9. The summed E-state index contributed by atoms with van der Waals surface area (Å²) in [6.07, 6.45) is 17.3. The molecule has 1 N–H and O–H groups in total. The lowest BCUT2D eigenvalue weighted by Gasteiger charge is -2.34. The predicted octanol–water partition coefficient (Wildman–Crippen LogP) is 8.69. The average Bonchev–Trinajstić information content (AvgIpc) is 3.15. The summed E-state index contributed by atoms with van der Waals surface area (Å²) in [5.74, 6) is 0. The normalized spacial score (nSPS) is 14.7. The van der Waals surface area contributed by atoms with E-state index in [4.69, 9.17) is 0 Å². The molecule has 0 bridgehead atoms. The number of benzene rings is 4. The molecule has 0 saturated heterocycles. The summed E-state index contributed by atoms with van der Waals surface area (Å²) in [4.78, 5) is 8.56. The summed E-state index contributed by atoms with van der Waals surface area (Å²) in [5, 5.41) is 14.9. The van der Waals surface area contributed by atoms with Gasteiger partial charge in [-0.25, -0.2) is 0 Å². The number of hydrogen-bond donors (Lipinski definition) is 1. The number of nitrogens with zero attached hydrogens (tertiary/aromatic N) is 2. The number of hydrogen-bond acceptors (Lipinski definition) is 3. The molecule has 47 heavy (non-hydrogen) atoms. The van der Waals surface area contributed by atoms with Gasteiger partial charge >= 0.3 is 0 Å². The summed E-state index contributed by atoms with van der Waals surface area (Å²) < 4.78 is 0. The van der Waals surface area contributed by atoms with Gasteiger partial charge in [-0.15, -0.1) is 0 Å². The van der Waals surface area contributed by atoms with Gasteiger partial charge in [0.15, 0.2) is 0 Å². The lowest BCUT2D eigenvalue weighted by Crippen LogP contribution is -2.33. The Kier molecular flexibility index (Phi) is 9.28. The van der Waals surface area contributed by atoms with Crippen LogP contribution in [0.1, 0.15) is 40.7 Å². The first kappa shape index (κ1) is 30.7. The molecule has 4 heteroatoms. The van der Waals surface area contributed by atoms with E-state index in [0.29, 0.717) is 0 Å². The maximum atomic E-state index is 11.0. The van der Waals surface area contributed by atoms with Crippen molar-refractivity contribution in [2.75, 3.05) is 0 Å². The Hall–Kier alpha value is -4.95. The highest BCUT2D eigenvalue weighted by atomic mass is 31.1. The minimum absolute atomic E-state index is 0.0205. The minimum Gasteiger partial charge on any atom is -0.392 e. The van der Waals surface area contributed by atoms with Crippen molar-refractivity contribution in [1.82, 2.24) is 9.97 Å². The van der Waals surface area contributed by atoms with E-state index in [1.807, 2.05) is 55.1 Å². The smallest absolute Gasteiger partial charge is 0.0694 e. The third kappa shape index (κ3) is 6.51. The lowest BCUT2D eigenvalue weighted by atomic mass is 9.87. The highest BCUT2D eigenvalue weighted by Gasteiger charge is 2.33. The first-order chi connectivity index (χ1) is 23.2. The summed E-state index contributed by atoms with van der Waals surface area (Å²) in [6, 6.07) is 38.7. The van der Waals surface area contributed by atoms with E-state index < -0.39 is 7.92 Å². The monoisotopic (exact) mass is 628 g/mol. The third-order valence-corrected chi connectivity index (χ3v) is 11.6. The molecule has 3 nitrogen and oxygen atoms in total. The van der Waals surface area contributed by atoms with Gasteiger partial charge in [0, 0.05) is 24.8 Å². The van der Waals surface area contributed by atoms with Crippen LogP contribution in [0.3, 0.4) is 0 Å². The van der Waals surface area contributed by atoms with Crippen molar-refractivity contribution in [3.63, 3.8) is 0 Å². The van der Waals surface area contributed by atoms with Crippen molar-refractivity contribution >= 4 is 29.4 Å². The molecule has 8 rings (SSSR count). The maximum Gasteiger partial charge on any atom is 0.0694 e. The van der Waals surface area contributed by atoms with E-state index in [1.165, 1.54) is 49.3 Å². The van der Waals surface area contributed by atoms with Gasteiger partial charge in [0.25, 0.3) is 0 Å². The van der Waals surface area contributed by atoms with Crippen LogP contribution >= 0.6 is 7.92 Å². The zero-order valence-electron chi connectivity index (χ0n) is 26.6. The zero-order valence-corrected chi connectivity index (χ0v) is 27.4. The molecule has 3 heterocycles. The molecule has 2 aromatic heterocycles. The van der Waals surface area contributed by atoms with Crippen molar-refractivity contribution in [2.45, 2.75) is 32.8 Å². The van der Waals surface area contributed by atoms with Crippen LogP contribution in [0.25, 0.3) is 27.8 Å². The standard InChI is InChI=1S/C36H29N2OP.C7H8/c39-24-34-32(27-15-19-38-20-16-27)23-31(26-13-17-37-18-14-26)33-22-29-21-28(25-7-3-1-4-8-25)11-12-35(29)40(36(33)34)30-9-5-2-6-10-30;1-7-5-3-2-4-6-7/h2-3,5-21,23,39H,1,4,22,24H2;2-6H,1H3. The molecule has 6 aromatic rings. The predicted molar refractivity (Wildman–Crippen MR) is 198 cm³/mol. The Morgan fingerprint density at radius 1 is 0.681 bits per heavy atom. The van der Waals surface area contributed by atoms with E-state index >= 15 is 0 Å². The highest BCUT2D eigenvalue weighted by Crippen LogP contribution is 2.46. The topological polar surface area (TPSA) is 46.0 Å². The van der Waals surface area contributed by atoms with E-state index in [1.54, 1.807) is 0 Å². The summed E-state index contributed by atoms with van der Waals surface area (Å²) in [6.45, 7) is 2.06. The van der Waals surface area contributed by atoms with Crippen LogP contribution in [-0.4, -0.2) is 15.1 Å². The fourth-order valence-corrected chi connectivity index (χ4v) is 9.42. The molecule has 0 fully saturated rings. The van der Waals surface area contributed by atoms with Gasteiger partial charge in [-0.2, -0.15) is 0 Å². The van der Waals surface area contributed by atoms with Gasteiger partial charge in [-0.1, -0.05) is 103 Å². The summed E-state index contributed by atoms with van der Waals surface area (Å²) >= 11 is 0. The average molecular weight is 629 g/mol. The van der Waals surface area contributed by atoms with Crippen LogP contribution in [0.15, 0.2) is 152 Å². The van der Waals surface area contributed by atoms with Gasteiger partial charge in [0.2, 0.25) is 0 Å². The molecule has 0 spiro atoms. The van der Waals surface area contributed by atoms with Crippen LogP contribution in [0, 0.1) is 6.92 Å². The number of aliphatic hydroxyl groups excluding tert-OH is 1. The van der Waals surface area contributed by atoms with Gasteiger partial charge in [-0.05, 0) is 130 Å². The van der Waals surface area contributed by atoms with Crippen molar-refractivity contribution in [1.29, 1.82) is 0 Å². The Bertz CT molecular complexity index is 2040. The first-order valence-electron chi connectivity index (χ1n) is 16.2. The van der Waals surface area contributed by atoms with Crippen LogP contribution in [0.2, 0.25) is 0 Å². The second-order valence-corrected chi connectivity index (χ2v) is 14.0. The quantitative estimate of drug-likeness (QED) is 0.194. The van der Waals surface area contributed by atoms with Crippen molar-refractivity contribution in [2.24, 2.45) is 0 Å². The largest absolute Gasteiger partial charge is 0.392 e.